The zero-order chi connectivity index (χ0) is 22.5. The molecule has 2 atom stereocenters. The van der Waals surface area contributed by atoms with Crippen LogP contribution in [0.15, 0.2) is 48.5 Å². The van der Waals surface area contributed by atoms with E-state index in [1.54, 1.807) is 24.3 Å². The van der Waals surface area contributed by atoms with Gasteiger partial charge in [0.2, 0.25) is 5.91 Å². The Labute approximate surface area is 169 Å². The molecular formula is C20H20F6N2O2. The van der Waals surface area contributed by atoms with Crippen molar-refractivity contribution < 1.29 is 35.9 Å². The zero-order valence-electron chi connectivity index (χ0n) is 15.8. The Kier molecular flexibility index (Phi) is 7.49. The Bertz CT molecular complexity index is 820. The largest absolute Gasteiger partial charge is 0.416 e. The summed E-state index contributed by atoms with van der Waals surface area (Å²) in [6, 6.07) is 9.28. The molecule has 0 heterocycles. The normalized spacial score (nSPS) is 14.3. The van der Waals surface area contributed by atoms with Crippen LogP contribution in [0.2, 0.25) is 0 Å². The average Bonchev–Trinajstić information content (AvgIpc) is 2.66. The molecule has 3 N–H and O–H groups in total. The van der Waals surface area contributed by atoms with Gasteiger partial charge in [-0.2, -0.15) is 26.3 Å². The van der Waals surface area contributed by atoms with Crippen molar-refractivity contribution >= 4 is 5.91 Å². The zero-order valence-corrected chi connectivity index (χ0v) is 15.8. The van der Waals surface area contributed by atoms with Crippen molar-refractivity contribution in [3.8, 4) is 0 Å². The minimum Gasteiger partial charge on any atom is -0.354 e. The number of alkyl halides is 6. The maximum atomic E-state index is 12.9. The van der Waals surface area contributed by atoms with Gasteiger partial charge in [0.05, 0.1) is 23.3 Å². The summed E-state index contributed by atoms with van der Waals surface area (Å²) in [6.07, 6.45) is -10.8. The number of amides is 1. The van der Waals surface area contributed by atoms with Crippen LogP contribution < -0.4 is 11.1 Å². The molecule has 0 radical (unpaired) electrons. The van der Waals surface area contributed by atoms with E-state index in [9.17, 15) is 31.1 Å². The van der Waals surface area contributed by atoms with Crippen LogP contribution in [-0.4, -0.2) is 18.7 Å². The van der Waals surface area contributed by atoms with Gasteiger partial charge in [0.25, 0.3) is 0 Å². The summed E-state index contributed by atoms with van der Waals surface area (Å²) in [4.78, 5) is 12.0. The SMILES string of the molecule is C[C@@H](OCNC(=O)[C@@H](N)Cc1ccccc1)c1cc(C(F)(F)F)cc(C(F)(F)F)c1. The molecule has 30 heavy (non-hydrogen) atoms. The van der Waals surface area contributed by atoms with Gasteiger partial charge in [0.15, 0.2) is 0 Å². The lowest BCUT2D eigenvalue weighted by Crippen LogP contribution is -2.42. The second-order valence-electron chi connectivity index (χ2n) is 6.63. The lowest BCUT2D eigenvalue weighted by atomic mass is 10.0. The Morgan fingerprint density at radius 3 is 2.03 bits per heavy atom. The number of hydrogen-bond acceptors (Lipinski definition) is 3. The van der Waals surface area contributed by atoms with Gasteiger partial charge in [-0.05, 0) is 42.7 Å². The highest BCUT2D eigenvalue weighted by Gasteiger charge is 2.37. The monoisotopic (exact) mass is 434 g/mol. The number of benzene rings is 2. The van der Waals surface area contributed by atoms with Gasteiger partial charge in [-0.1, -0.05) is 30.3 Å². The van der Waals surface area contributed by atoms with Gasteiger partial charge in [0, 0.05) is 0 Å². The predicted octanol–water partition coefficient (Wildman–Crippen LogP) is 4.45. The smallest absolute Gasteiger partial charge is 0.354 e. The third kappa shape index (κ3) is 6.74. The van der Waals surface area contributed by atoms with Crippen LogP contribution in [0.5, 0.6) is 0 Å². The molecule has 10 heteroatoms. The quantitative estimate of drug-likeness (QED) is 0.500. The molecule has 2 aromatic carbocycles. The number of nitrogens with one attached hydrogen (secondary N) is 1. The predicted molar refractivity (Wildman–Crippen MR) is 97.1 cm³/mol. The van der Waals surface area contributed by atoms with Crippen molar-refractivity contribution in [3.05, 3.63) is 70.8 Å². The third-order valence-corrected chi connectivity index (χ3v) is 4.29. The second-order valence-corrected chi connectivity index (χ2v) is 6.63. The number of carbonyl (C=O) groups is 1. The number of nitrogens with two attached hydrogens (primary N) is 1. The second kappa shape index (κ2) is 9.48. The minimum atomic E-state index is -4.95. The average molecular weight is 434 g/mol. The van der Waals surface area contributed by atoms with Crippen LogP contribution in [0.25, 0.3) is 0 Å². The first-order valence-electron chi connectivity index (χ1n) is 8.86. The molecule has 4 nitrogen and oxygen atoms in total. The maximum absolute atomic E-state index is 12.9. The fraction of sp³-hybridized carbons (Fsp3) is 0.350. The van der Waals surface area contributed by atoms with Gasteiger partial charge >= 0.3 is 12.4 Å². The molecule has 0 saturated carbocycles. The maximum Gasteiger partial charge on any atom is 0.416 e. The summed E-state index contributed by atoms with van der Waals surface area (Å²) in [5, 5.41) is 2.36. The van der Waals surface area contributed by atoms with Gasteiger partial charge < -0.3 is 15.8 Å². The van der Waals surface area contributed by atoms with Gasteiger partial charge in [-0.25, -0.2) is 0 Å². The summed E-state index contributed by atoms with van der Waals surface area (Å²) < 4.78 is 82.9. The minimum absolute atomic E-state index is 0.0423. The number of hydrogen-bond donors (Lipinski definition) is 2. The molecule has 0 aromatic heterocycles. The Morgan fingerprint density at radius 1 is 1.00 bits per heavy atom. The standard InChI is InChI=1S/C20H20F6N2O2/c1-12(14-8-15(19(21,22)23)10-16(9-14)20(24,25)26)30-11-28-18(29)17(27)7-13-5-3-2-4-6-13/h2-6,8-10,12,17H,7,11,27H2,1H3,(H,28,29)/t12-,17+/m1/s1. The molecule has 2 aromatic rings. The first-order valence-corrected chi connectivity index (χ1v) is 8.86. The molecule has 0 unspecified atom stereocenters. The Morgan fingerprint density at radius 2 is 1.53 bits per heavy atom. The van der Waals surface area contributed by atoms with Crippen molar-refractivity contribution in [1.29, 1.82) is 0 Å². The third-order valence-electron chi connectivity index (χ3n) is 4.29. The topological polar surface area (TPSA) is 64.3 Å². The summed E-state index contributed by atoms with van der Waals surface area (Å²) in [7, 11) is 0. The van der Waals surface area contributed by atoms with E-state index in [1.807, 2.05) is 6.07 Å². The Hall–Kier alpha value is -2.59. The van der Waals surface area contributed by atoms with Crippen LogP contribution in [0, 0.1) is 0 Å². The van der Waals surface area contributed by atoms with E-state index in [2.05, 4.69) is 5.32 Å². The first kappa shape index (κ1) is 23.7. The van der Waals surface area contributed by atoms with Gasteiger partial charge in [-0.3, -0.25) is 4.79 Å². The van der Waals surface area contributed by atoms with Crippen LogP contribution in [0.3, 0.4) is 0 Å². The summed E-state index contributed by atoms with van der Waals surface area (Å²) >= 11 is 0. The fourth-order valence-electron chi connectivity index (χ4n) is 2.64. The van der Waals surface area contributed by atoms with Crippen LogP contribution >= 0.6 is 0 Å². The number of rotatable bonds is 7. The Balaban J connectivity index is 2.00. The van der Waals surface area contributed by atoms with Gasteiger partial charge in [0.1, 0.15) is 6.73 Å². The number of carbonyl (C=O) groups excluding carboxylic acids is 1. The summed E-state index contributed by atoms with van der Waals surface area (Å²) in [5.41, 5.74) is 3.44. The van der Waals surface area contributed by atoms with Crippen molar-refractivity contribution in [3.63, 3.8) is 0 Å². The van der Waals surface area contributed by atoms with E-state index in [-0.39, 0.29) is 18.1 Å². The molecule has 1 amide bonds. The van der Waals surface area contributed by atoms with E-state index in [1.165, 1.54) is 6.92 Å². The molecule has 0 aliphatic carbocycles. The molecule has 0 fully saturated rings. The van der Waals surface area contributed by atoms with Crippen molar-refractivity contribution in [2.24, 2.45) is 5.73 Å². The summed E-state index contributed by atoms with van der Waals surface area (Å²) in [5.74, 6) is -0.564. The van der Waals surface area contributed by atoms with Crippen LogP contribution in [0.4, 0.5) is 26.3 Å². The van der Waals surface area contributed by atoms with Crippen LogP contribution in [0.1, 0.15) is 35.3 Å². The summed E-state index contributed by atoms with van der Waals surface area (Å²) in [6.45, 7) is 0.853. The number of halogens is 6. The molecule has 164 valence electrons. The lowest BCUT2D eigenvalue weighted by Gasteiger charge is -2.19. The highest BCUT2D eigenvalue weighted by Crippen LogP contribution is 2.37. The number of ether oxygens (including phenoxy) is 1. The van der Waals surface area contributed by atoms with E-state index >= 15 is 0 Å². The first-order chi connectivity index (χ1) is 13.9. The molecule has 0 aliphatic heterocycles. The van der Waals surface area contributed by atoms with E-state index in [0.29, 0.717) is 12.1 Å². The lowest BCUT2D eigenvalue weighted by molar-refractivity contribution is -0.143. The van der Waals surface area contributed by atoms with Crippen molar-refractivity contribution in [2.45, 2.75) is 37.8 Å². The van der Waals surface area contributed by atoms with Gasteiger partial charge in [-0.15, -0.1) is 0 Å². The van der Waals surface area contributed by atoms with Crippen molar-refractivity contribution in [1.82, 2.24) is 5.32 Å². The van der Waals surface area contributed by atoms with E-state index in [0.717, 1.165) is 5.56 Å². The van der Waals surface area contributed by atoms with E-state index < -0.39 is 48.3 Å². The molecule has 0 bridgehead atoms. The van der Waals surface area contributed by atoms with E-state index in [4.69, 9.17) is 10.5 Å². The molecule has 2 rings (SSSR count). The van der Waals surface area contributed by atoms with Crippen LogP contribution in [-0.2, 0) is 28.3 Å². The molecular weight excluding hydrogens is 414 g/mol. The highest BCUT2D eigenvalue weighted by atomic mass is 19.4. The molecule has 0 aliphatic rings. The fourth-order valence-corrected chi connectivity index (χ4v) is 2.64. The highest BCUT2D eigenvalue weighted by molar-refractivity contribution is 5.81. The molecule has 0 saturated heterocycles. The molecule has 0 spiro atoms. The van der Waals surface area contributed by atoms with Crippen molar-refractivity contribution in [2.75, 3.05) is 6.73 Å².